The highest BCUT2D eigenvalue weighted by Gasteiger charge is 2.30. The van der Waals surface area contributed by atoms with Crippen molar-refractivity contribution in [2.45, 2.75) is 18.2 Å². The van der Waals surface area contributed by atoms with Crippen molar-refractivity contribution in [3.63, 3.8) is 0 Å². The fourth-order valence-corrected chi connectivity index (χ4v) is 3.84. The van der Waals surface area contributed by atoms with Crippen LogP contribution in [0.4, 0.5) is 13.2 Å². The summed E-state index contributed by atoms with van der Waals surface area (Å²) in [5.41, 5.74) is 0. The Bertz CT molecular complexity index is 615. The SMILES string of the molecule is CCN(C[C@H]1CCOC1)S(=O)(=O)c1cc(F)c(F)cc1F. The van der Waals surface area contributed by atoms with E-state index in [0.29, 0.717) is 25.7 Å². The lowest BCUT2D eigenvalue weighted by Gasteiger charge is -2.23. The largest absolute Gasteiger partial charge is 0.381 e. The molecule has 0 aliphatic carbocycles. The molecule has 4 nitrogen and oxygen atoms in total. The number of halogens is 3. The van der Waals surface area contributed by atoms with E-state index in [9.17, 15) is 21.6 Å². The van der Waals surface area contributed by atoms with Gasteiger partial charge in [0.1, 0.15) is 10.7 Å². The average molecular weight is 323 g/mol. The van der Waals surface area contributed by atoms with Crippen molar-refractivity contribution >= 4 is 10.0 Å². The van der Waals surface area contributed by atoms with E-state index in [1.165, 1.54) is 0 Å². The number of benzene rings is 1. The van der Waals surface area contributed by atoms with Crippen LogP contribution in [-0.4, -0.2) is 39.0 Å². The molecule has 8 heteroatoms. The van der Waals surface area contributed by atoms with Gasteiger partial charge in [-0.15, -0.1) is 0 Å². The van der Waals surface area contributed by atoms with Crippen LogP contribution in [0.2, 0.25) is 0 Å². The topological polar surface area (TPSA) is 46.6 Å². The van der Waals surface area contributed by atoms with E-state index in [2.05, 4.69) is 0 Å². The van der Waals surface area contributed by atoms with Crippen LogP contribution >= 0.6 is 0 Å². The van der Waals surface area contributed by atoms with E-state index >= 15 is 0 Å². The van der Waals surface area contributed by atoms with Crippen LogP contribution in [0.15, 0.2) is 17.0 Å². The molecule has 0 bridgehead atoms. The van der Waals surface area contributed by atoms with Crippen molar-refractivity contribution in [1.82, 2.24) is 4.31 Å². The molecule has 1 aliphatic heterocycles. The molecule has 21 heavy (non-hydrogen) atoms. The molecular formula is C13H16F3NO3S. The van der Waals surface area contributed by atoms with E-state index in [1.807, 2.05) is 0 Å². The maximum absolute atomic E-state index is 13.7. The van der Waals surface area contributed by atoms with Gasteiger partial charge in [-0.1, -0.05) is 6.92 Å². The second kappa shape index (κ2) is 6.33. The molecule has 1 aromatic carbocycles. The number of nitrogens with zero attached hydrogens (tertiary/aromatic N) is 1. The lowest BCUT2D eigenvalue weighted by molar-refractivity contribution is 0.180. The number of rotatable bonds is 5. The second-order valence-electron chi connectivity index (χ2n) is 4.88. The summed E-state index contributed by atoms with van der Waals surface area (Å²) in [7, 11) is -4.21. The number of ether oxygens (including phenoxy) is 1. The summed E-state index contributed by atoms with van der Waals surface area (Å²) in [5, 5.41) is 0. The normalized spacial score (nSPS) is 19.4. The van der Waals surface area contributed by atoms with Crippen LogP contribution in [0.3, 0.4) is 0 Å². The Balaban J connectivity index is 2.32. The highest BCUT2D eigenvalue weighted by atomic mass is 32.2. The number of hydrogen-bond acceptors (Lipinski definition) is 3. The maximum Gasteiger partial charge on any atom is 0.246 e. The van der Waals surface area contributed by atoms with Crippen molar-refractivity contribution in [3.05, 3.63) is 29.6 Å². The zero-order chi connectivity index (χ0) is 15.6. The molecule has 0 spiro atoms. The number of sulfonamides is 1. The molecule has 1 atom stereocenters. The summed E-state index contributed by atoms with van der Waals surface area (Å²) in [6, 6.07) is 0.628. The zero-order valence-electron chi connectivity index (χ0n) is 11.5. The Kier molecular flexibility index (Phi) is 4.90. The Labute approximate surface area is 121 Å². The molecule has 0 amide bonds. The van der Waals surface area contributed by atoms with Gasteiger partial charge in [0.25, 0.3) is 0 Å². The molecule has 1 saturated heterocycles. The van der Waals surface area contributed by atoms with Crippen molar-refractivity contribution in [2.24, 2.45) is 5.92 Å². The van der Waals surface area contributed by atoms with Gasteiger partial charge in [-0.05, 0) is 18.4 Å². The van der Waals surface area contributed by atoms with Gasteiger partial charge in [-0.25, -0.2) is 21.6 Å². The van der Waals surface area contributed by atoms with Gasteiger partial charge in [-0.3, -0.25) is 0 Å². The molecule has 0 aromatic heterocycles. The highest BCUT2D eigenvalue weighted by molar-refractivity contribution is 7.89. The van der Waals surface area contributed by atoms with Crippen molar-refractivity contribution in [1.29, 1.82) is 0 Å². The summed E-state index contributed by atoms with van der Waals surface area (Å²) in [4.78, 5) is -0.845. The third-order valence-corrected chi connectivity index (χ3v) is 5.39. The third kappa shape index (κ3) is 3.38. The molecule has 1 aromatic rings. The predicted molar refractivity (Wildman–Crippen MR) is 69.7 cm³/mol. The fourth-order valence-electron chi connectivity index (χ4n) is 2.25. The summed E-state index contributed by atoms with van der Waals surface area (Å²) < 4.78 is 70.8. The van der Waals surface area contributed by atoms with Gasteiger partial charge >= 0.3 is 0 Å². The quantitative estimate of drug-likeness (QED) is 0.780. The van der Waals surface area contributed by atoms with E-state index in [1.54, 1.807) is 6.92 Å². The van der Waals surface area contributed by atoms with Crippen molar-refractivity contribution in [2.75, 3.05) is 26.3 Å². The minimum absolute atomic E-state index is 0.0214. The third-order valence-electron chi connectivity index (χ3n) is 3.43. The second-order valence-corrected chi connectivity index (χ2v) is 6.79. The summed E-state index contributed by atoms with van der Waals surface area (Å²) in [5.74, 6) is -4.09. The number of hydrogen-bond donors (Lipinski definition) is 0. The summed E-state index contributed by atoms with van der Waals surface area (Å²) in [6.07, 6.45) is 0.715. The minimum Gasteiger partial charge on any atom is -0.381 e. The molecule has 2 rings (SSSR count). The molecular weight excluding hydrogens is 307 g/mol. The first-order chi connectivity index (χ1) is 9.86. The summed E-state index contributed by atoms with van der Waals surface area (Å²) >= 11 is 0. The van der Waals surface area contributed by atoms with Crippen LogP contribution in [-0.2, 0) is 14.8 Å². The van der Waals surface area contributed by atoms with E-state index in [-0.39, 0.29) is 25.1 Å². The van der Waals surface area contributed by atoms with Gasteiger partial charge in [0, 0.05) is 25.8 Å². The smallest absolute Gasteiger partial charge is 0.246 e. The first kappa shape index (κ1) is 16.3. The van der Waals surface area contributed by atoms with Crippen LogP contribution in [0.5, 0.6) is 0 Å². The molecule has 1 aliphatic rings. The molecule has 1 fully saturated rings. The van der Waals surface area contributed by atoms with Gasteiger partial charge in [0.2, 0.25) is 10.0 Å². The molecule has 118 valence electrons. The first-order valence-electron chi connectivity index (χ1n) is 6.58. The average Bonchev–Trinajstić information content (AvgIpc) is 2.92. The summed E-state index contributed by atoms with van der Waals surface area (Å²) in [6.45, 7) is 2.87. The molecule has 0 radical (unpaired) electrons. The van der Waals surface area contributed by atoms with Gasteiger partial charge in [0.15, 0.2) is 11.6 Å². The molecule has 0 unspecified atom stereocenters. The van der Waals surface area contributed by atoms with Crippen LogP contribution in [0, 0.1) is 23.4 Å². The van der Waals surface area contributed by atoms with E-state index < -0.39 is 32.4 Å². The van der Waals surface area contributed by atoms with Crippen LogP contribution in [0.1, 0.15) is 13.3 Å². The molecule has 0 saturated carbocycles. The monoisotopic (exact) mass is 323 g/mol. The Morgan fingerprint density at radius 1 is 1.24 bits per heavy atom. The molecule has 0 N–H and O–H groups in total. The fraction of sp³-hybridized carbons (Fsp3) is 0.538. The highest BCUT2D eigenvalue weighted by Crippen LogP contribution is 2.24. The van der Waals surface area contributed by atoms with E-state index in [4.69, 9.17) is 4.74 Å². The van der Waals surface area contributed by atoms with Gasteiger partial charge in [0.05, 0.1) is 6.61 Å². The molecule has 1 heterocycles. The Morgan fingerprint density at radius 3 is 2.48 bits per heavy atom. The van der Waals surface area contributed by atoms with Crippen molar-refractivity contribution < 1.29 is 26.3 Å². The minimum atomic E-state index is -4.21. The zero-order valence-corrected chi connectivity index (χ0v) is 12.3. The Hall–Kier alpha value is -1.12. The standard InChI is InChI=1S/C13H16F3NO3S/c1-2-17(7-9-3-4-20-8-9)21(18,19)13-6-11(15)10(14)5-12(13)16/h5-6,9H,2-4,7-8H2,1H3/t9-/m1/s1. The predicted octanol–water partition coefficient (Wildman–Crippen LogP) is 2.15. The van der Waals surface area contributed by atoms with Gasteiger partial charge in [-0.2, -0.15) is 4.31 Å². The Morgan fingerprint density at radius 2 is 1.90 bits per heavy atom. The lowest BCUT2D eigenvalue weighted by atomic mass is 10.1. The van der Waals surface area contributed by atoms with Crippen LogP contribution < -0.4 is 0 Å². The van der Waals surface area contributed by atoms with Crippen molar-refractivity contribution in [3.8, 4) is 0 Å². The first-order valence-corrected chi connectivity index (χ1v) is 8.02. The van der Waals surface area contributed by atoms with E-state index in [0.717, 1.165) is 4.31 Å². The van der Waals surface area contributed by atoms with Crippen LogP contribution in [0.25, 0.3) is 0 Å². The maximum atomic E-state index is 13.7. The van der Waals surface area contributed by atoms with Gasteiger partial charge < -0.3 is 4.74 Å². The lowest BCUT2D eigenvalue weighted by Crippen LogP contribution is -2.36.